The number of carbonyl (C=O) groups is 2. The monoisotopic (exact) mass is 464 g/mol. The number of benzene rings is 3. The average molecular weight is 465 g/mol. The Labute approximate surface area is 197 Å². The lowest BCUT2D eigenvalue weighted by molar-refractivity contribution is -0.118. The summed E-state index contributed by atoms with van der Waals surface area (Å²) in [5.41, 5.74) is 1.69. The number of halogens is 2. The molecule has 3 aromatic rings. The molecule has 1 fully saturated rings. The first kappa shape index (κ1) is 23.4. The topological polar surface area (TPSA) is 73.5 Å². The Morgan fingerprint density at radius 1 is 0.941 bits per heavy atom. The van der Waals surface area contributed by atoms with Crippen LogP contribution in [0.3, 0.4) is 0 Å². The Morgan fingerprint density at radius 2 is 1.65 bits per heavy atom. The van der Waals surface area contributed by atoms with Gasteiger partial charge in [-0.15, -0.1) is 0 Å². The number of carbonyl (C=O) groups excluding carboxylic acids is 2. The fourth-order valence-corrected chi connectivity index (χ4v) is 3.95. The minimum absolute atomic E-state index is 0.152. The maximum atomic E-state index is 14.2. The van der Waals surface area contributed by atoms with Gasteiger partial charge in [-0.05, 0) is 35.9 Å². The standard InChI is InChI=1S/C26H26F2N4O2/c27-19-10-11-24(32-14-12-29-13-15-32)22(17-19)30-26(34)23(16-18-6-2-1-3-7-18)31-25(33)20-8-4-5-9-21(20)28/h1-11,17,23,29H,12-16H2,(H,30,34)(H,31,33)/t23-/m1/s1. The molecule has 1 atom stereocenters. The third-order valence-electron chi connectivity index (χ3n) is 5.70. The fraction of sp³-hybridized carbons (Fsp3) is 0.231. The number of nitrogens with one attached hydrogen (secondary N) is 3. The zero-order valence-corrected chi connectivity index (χ0v) is 18.6. The van der Waals surface area contributed by atoms with E-state index in [9.17, 15) is 18.4 Å². The van der Waals surface area contributed by atoms with Crippen molar-refractivity contribution in [2.45, 2.75) is 12.5 Å². The Morgan fingerprint density at radius 3 is 2.38 bits per heavy atom. The zero-order valence-electron chi connectivity index (χ0n) is 18.6. The molecule has 1 saturated heterocycles. The first-order valence-electron chi connectivity index (χ1n) is 11.2. The minimum Gasteiger partial charge on any atom is -0.367 e. The van der Waals surface area contributed by atoms with E-state index in [4.69, 9.17) is 0 Å². The van der Waals surface area contributed by atoms with Gasteiger partial charge >= 0.3 is 0 Å². The Kier molecular flexibility index (Phi) is 7.49. The van der Waals surface area contributed by atoms with Crippen LogP contribution in [0.25, 0.3) is 0 Å². The van der Waals surface area contributed by atoms with Gasteiger partial charge in [0.05, 0.1) is 16.9 Å². The molecule has 4 rings (SSSR count). The van der Waals surface area contributed by atoms with Crippen LogP contribution in [0.15, 0.2) is 72.8 Å². The molecule has 34 heavy (non-hydrogen) atoms. The largest absolute Gasteiger partial charge is 0.367 e. The zero-order chi connectivity index (χ0) is 23.9. The van der Waals surface area contributed by atoms with Crippen LogP contribution in [-0.4, -0.2) is 44.0 Å². The Bertz CT molecular complexity index is 1150. The smallest absolute Gasteiger partial charge is 0.254 e. The summed E-state index contributed by atoms with van der Waals surface area (Å²) in [6, 6.07) is 18.0. The van der Waals surface area contributed by atoms with E-state index in [-0.39, 0.29) is 12.0 Å². The van der Waals surface area contributed by atoms with Crippen LogP contribution in [0.1, 0.15) is 15.9 Å². The molecule has 0 aliphatic carbocycles. The minimum atomic E-state index is -1.01. The number of hydrogen-bond donors (Lipinski definition) is 3. The third kappa shape index (κ3) is 5.77. The van der Waals surface area contributed by atoms with Gasteiger partial charge < -0.3 is 20.9 Å². The van der Waals surface area contributed by atoms with Crippen LogP contribution in [-0.2, 0) is 11.2 Å². The second-order valence-corrected chi connectivity index (χ2v) is 8.08. The molecule has 0 aromatic heterocycles. The molecule has 6 nitrogen and oxygen atoms in total. The van der Waals surface area contributed by atoms with Crippen molar-refractivity contribution in [3.8, 4) is 0 Å². The van der Waals surface area contributed by atoms with E-state index >= 15 is 0 Å². The van der Waals surface area contributed by atoms with Crippen LogP contribution < -0.4 is 20.9 Å². The molecule has 0 radical (unpaired) electrons. The SMILES string of the molecule is O=C(N[C@H](Cc1ccccc1)C(=O)Nc1cc(F)ccc1N1CCNCC1)c1ccccc1F. The van der Waals surface area contributed by atoms with E-state index in [0.717, 1.165) is 18.7 Å². The summed E-state index contributed by atoms with van der Waals surface area (Å²) in [5, 5.41) is 8.70. The molecule has 0 spiro atoms. The van der Waals surface area contributed by atoms with Crippen LogP contribution in [0.5, 0.6) is 0 Å². The van der Waals surface area contributed by atoms with E-state index < -0.39 is 29.5 Å². The van der Waals surface area contributed by atoms with Gasteiger partial charge in [0.15, 0.2) is 0 Å². The van der Waals surface area contributed by atoms with E-state index in [1.54, 1.807) is 12.1 Å². The summed E-state index contributed by atoms with van der Waals surface area (Å²) in [5.74, 6) is -2.37. The summed E-state index contributed by atoms with van der Waals surface area (Å²) in [7, 11) is 0. The molecule has 8 heteroatoms. The van der Waals surface area contributed by atoms with Gasteiger partial charge in [-0.1, -0.05) is 42.5 Å². The summed E-state index contributed by atoms with van der Waals surface area (Å²) < 4.78 is 28.2. The molecule has 1 heterocycles. The lowest BCUT2D eigenvalue weighted by atomic mass is 10.0. The van der Waals surface area contributed by atoms with E-state index in [1.807, 2.05) is 30.3 Å². The molecule has 0 unspecified atom stereocenters. The lowest BCUT2D eigenvalue weighted by Crippen LogP contribution is -2.46. The lowest BCUT2D eigenvalue weighted by Gasteiger charge is -2.31. The fourth-order valence-electron chi connectivity index (χ4n) is 3.95. The van der Waals surface area contributed by atoms with E-state index in [0.29, 0.717) is 24.5 Å². The van der Waals surface area contributed by atoms with Crippen LogP contribution in [0, 0.1) is 11.6 Å². The number of piperazine rings is 1. The summed E-state index contributed by atoms with van der Waals surface area (Å²) in [6.45, 7) is 2.98. The van der Waals surface area contributed by atoms with Crippen molar-refractivity contribution in [2.24, 2.45) is 0 Å². The number of anilines is 2. The molecule has 2 amide bonds. The molecule has 3 N–H and O–H groups in total. The number of hydrogen-bond acceptors (Lipinski definition) is 4. The first-order chi connectivity index (χ1) is 16.5. The predicted octanol–water partition coefficient (Wildman–Crippen LogP) is 3.35. The second-order valence-electron chi connectivity index (χ2n) is 8.08. The van der Waals surface area contributed by atoms with Gasteiger partial charge in [-0.2, -0.15) is 0 Å². The molecule has 0 bridgehead atoms. The highest BCUT2D eigenvalue weighted by Crippen LogP contribution is 2.27. The summed E-state index contributed by atoms with van der Waals surface area (Å²) >= 11 is 0. The quantitative estimate of drug-likeness (QED) is 0.502. The van der Waals surface area contributed by atoms with Gasteiger partial charge in [0.2, 0.25) is 5.91 Å². The number of nitrogens with zero attached hydrogens (tertiary/aromatic N) is 1. The number of amides is 2. The molecule has 1 aliphatic heterocycles. The van der Waals surface area contributed by atoms with Crippen molar-refractivity contribution in [1.29, 1.82) is 0 Å². The van der Waals surface area contributed by atoms with Gasteiger partial charge in [0.1, 0.15) is 17.7 Å². The van der Waals surface area contributed by atoms with Crippen LogP contribution in [0.2, 0.25) is 0 Å². The highest BCUT2D eigenvalue weighted by atomic mass is 19.1. The highest BCUT2D eigenvalue weighted by molar-refractivity contribution is 6.02. The predicted molar refractivity (Wildman–Crippen MR) is 128 cm³/mol. The average Bonchev–Trinajstić information content (AvgIpc) is 2.85. The maximum Gasteiger partial charge on any atom is 0.254 e. The van der Waals surface area contributed by atoms with Crippen molar-refractivity contribution in [3.63, 3.8) is 0 Å². The molecular weight excluding hydrogens is 438 g/mol. The molecule has 176 valence electrons. The van der Waals surface area contributed by atoms with Crippen molar-refractivity contribution in [3.05, 3.63) is 95.6 Å². The Balaban J connectivity index is 1.59. The van der Waals surface area contributed by atoms with E-state index in [1.165, 1.54) is 30.3 Å². The van der Waals surface area contributed by atoms with Gasteiger partial charge in [-0.25, -0.2) is 8.78 Å². The van der Waals surface area contributed by atoms with Crippen LogP contribution in [0.4, 0.5) is 20.2 Å². The maximum absolute atomic E-state index is 14.2. The van der Waals surface area contributed by atoms with Crippen molar-refractivity contribution in [1.82, 2.24) is 10.6 Å². The highest BCUT2D eigenvalue weighted by Gasteiger charge is 2.25. The molecule has 0 saturated carbocycles. The Hall–Kier alpha value is -3.78. The third-order valence-corrected chi connectivity index (χ3v) is 5.70. The van der Waals surface area contributed by atoms with Crippen molar-refractivity contribution in [2.75, 3.05) is 36.4 Å². The van der Waals surface area contributed by atoms with E-state index in [2.05, 4.69) is 20.9 Å². The van der Waals surface area contributed by atoms with Crippen molar-refractivity contribution >= 4 is 23.2 Å². The summed E-state index contributed by atoms with van der Waals surface area (Å²) in [6.07, 6.45) is 0.186. The normalized spacial score (nSPS) is 14.4. The summed E-state index contributed by atoms with van der Waals surface area (Å²) in [4.78, 5) is 28.2. The van der Waals surface area contributed by atoms with Crippen molar-refractivity contribution < 1.29 is 18.4 Å². The van der Waals surface area contributed by atoms with Gasteiger partial charge in [0.25, 0.3) is 5.91 Å². The molecule has 3 aromatic carbocycles. The second kappa shape index (κ2) is 10.9. The van der Waals surface area contributed by atoms with Gasteiger partial charge in [-0.3, -0.25) is 9.59 Å². The number of rotatable bonds is 7. The van der Waals surface area contributed by atoms with Crippen LogP contribution >= 0.6 is 0 Å². The molecular formula is C26H26F2N4O2. The first-order valence-corrected chi connectivity index (χ1v) is 11.2. The van der Waals surface area contributed by atoms with Gasteiger partial charge in [0, 0.05) is 32.6 Å². The molecule has 1 aliphatic rings.